The maximum atomic E-state index is 13.5. The minimum absolute atomic E-state index is 0.0562. The largest absolute Gasteiger partial charge is 0.369 e. The van der Waals surface area contributed by atoms with Gasteiger partial charge in [-0.3, -0.25) is 18.9 Å². The van der Waals surface area contributed by atoms with Crippen molar-refractivity contribution < 1.29 is 9.59 Å². The predicted molar refractivity (Wildman–Crippen MR) is 111 cm³/mol. The van der Waals surface area contributed by atoms with Crippen LogP contribution in [0.25, 0.3) is 5.78 Å². The molecule has 0 radical (unpaired) electrons. The smallest absolute Gasteiger partial charge is 0.274 e. The Labute approximate surface area is 174 Å². The molecule has 2 N–H and O–H groups in total. The summed E-state index contributed by atoms with van der Waals surface area (Å²) >= 11 is 0. The van der Waals surface area contributed by atoms with Crippen LogP contribution in [0, 0.1) is 18.8 Å². The molecule has 0 bridgehead atoms. The summed E-state index contributed by atoms with van der Waals surface area (Å²) in [6, 6.07) is 9.97. The van der Waals surface area contributed by atoms with Gasteiger partial charge in [0.25, 0.3) is 5.91 Å². The van der Waals surface area contributed by atoms with Crippen LogP contribution in [-0.4, -0.2) is 62.2 Å². The van der Waals surface area contributed by atoms with Crippen molar-refractivity contribution >= 4 is 17.6 Å². The summed E-state index contributed by atoms with van der Waals surface area (Å²) < 4.78 is 1.77. The van der Waals surface area contributed by atoms with E-state index in [0.29, 0.717) is 23.9 Å². The summed E-state index contributed by atoms with van der Waals surface area (Å²) in [5.74, 6) is 0.676. The lowest BCUT2D eigenvalue weighted by Gasteiger charge is -2.30. The summed E-state index contributed by atoms with van der Waals surface area (Å²) in [6.07, 6.45) is 5.25. The molecule has 0 spiro atoms. The number of fused-ring (bicyclic) bond motifs is 2. The van der Waals surface area contributed by atoms with Crippen molar-refractivity contribution in [1.29, 1.82) is 0 Å². The molecule has 2 aromatic heterocycles. The molecule has 2 aliphatic rings. The Bertz CT molecular complexity index is 1090. The average molecular weight is 404 g/mol. The minimum atomic E-state index is -0.312. The Balaban J connectivity index is 1.50. The minimum Gasteiger partial charge on any atom is -0.369 e. The number of imidazole rings is 1. The zero-order valence-electron chi connectivity index (χ0n) is 16.8. The van der Waals surface area contributed by atoms with Crippen molar-refractivity contribution in [2.45, 2.75) is 13.0 Å². The Morgan fingerprint density at radius 1 is 1.17 bits per heavy atom. The molecule has 2 fully saturated rings. The second-order valence-electron chi connectivity index (χ2n) is 8.30. The van der Waals surface area contributed by atoms with Crippen LogP contribution >= 0.6 is 0 Å². The van der Waals surface area contributed by atoms with Gasteiger partial charge in [-0.15, -0.1) is 0 Å². The first kappa shape index (κ1) is 18.7. The third-order valence-electron chi connectivity index (χ3n) is 6.34. The molecule has 8 nitrogen and oxygen atoms in total. The fourth-order valence-corrected chi connectivity index (χ4v) is 5.09. The van der Waals surface area contributed by atoms with Gasteiger partial charge >= 0.3 is 0 Å². The fourth-order valence-electron chi connectivity index (χ4n) is 5.09. The second-order valence-corrected chi connectivity index (χ2v) is 8.30. The van der Waals surface area contributed by atoms with E-state index in [2.05, 4.69) is 33.9 Å². The molecule has 3 atom stereocenters. The van der Waals surface area contributed by atoms with Crippen LogP contribution in [0.15, 0.2) is 48.9 Å². The Hall–Kier alpha value is -3.26. The van der Waals surface area contributed by atoms with Crippen molar-refractivity contribution in [1.82, 2.24) is 24.2 Å². The van der Waals surface area contributed by atoms with Gasteiger partial charge in [0.15, 0.2) is 0 Å². The van der Waals surface area contributed by atoms with E-state index in [9.17, 15) is 9.59 Å². The van der Waals surface area contributed by atoms with E-state index in [0.717, 1.165) is 24.2 Å². The van der Waals surface area contributed by atoms with Crippen molar-refractivity contribution in [2.75, 3.05) is 26.2 Å². The maximum Gasteiger partial charge on any atom is 0.274 e. The number of carbonyl (C=O) groups is 2. The number of primary amides is 1. The van der Waals surface area contributed by atoms with Crippen LogP contribution in [0.4, 0.5) is 0 Å². The Morgan fingerprint density at radius 3 is 2.77 bits per heavy atom. The molecule has 1 aromatic carbocycles. The van der Waals surface area contributed by atoms with Gasteiger partial charge in [-0.1, -0.05) is 24.3 Å². The monoisotopic (exact) mass is 404 g/mol. The highest BCUT2D eigenvalue weighted by Gasteiger charge is 2.49. The van der Waals surface area contributed by atoms with Crippen LogP contribution in [0.1, 0.15) is 27.7 Å². The molecule has 0 aliphatic carbocycles. The Morgan fingerprint density at radius 2 is 2.00 bits per heavy atom. The molecule has 8 heteroatoms. The highest BCUT2D eigenvalue weighted by atomic mass is 16.2. The zero-order valence-corrected chi connectivity index (χ0v) is 16.8. The molecule has 0 saturated carbocycles. The van der Waals surface area contributed by atoms with Crippen LogP contribution in [-0.2, 0) is 4.79 Å². The third-order valence-corrected chi connectivity index (χ3v) is 6.34. The lowest BCUT2D eigenvalue weighted by Crippen LogP contribution is -2.38. The number of benzene rings is 1. The van der Waals surface area contributed by atoms with Crippen LogP contribution in [0.3, 0.4) is 0 Å². The van der Waals surface area contributed by atoms with E-state index >= 15 is 0 Å². The number of rotatable bonds is 4. The van der Waals surface area contributed by atoms with E-state index in [1.165, 1.54) is 0 Å². The molecule has 2 aliphatic heterocycles. The molecular weight excluding hydrogens is 380 g/mol. The maximum absolute atomic E-state index is 13.5. The molecule has 4 heterocycles. The molecule has 30 heavy (non-hydrogen) atoms. The summed E-state index contributed by atoms with van der Waals surface area (Å²) in [7, 11) is 0. The van der Waals surface area contributed by atoms with E-state index in [4.69, 9.17) is 5.73 Å². The molecule has 3 aromatic rings. The van der Waals surface area contributed by atoms with E-state index in [-0.39, 0.29) is 30.3 Å². The standard InChI is InChI=1S/C22H24N6O2/c1-14-5-2-3-6-16(14)20-17-11-26(13-19(23)29)9-15(17)10-28(20)21(30)18-12-27-8-4-7-24-22(27)25-18/h2-8,12,15,17,20H,9-11,13H2,1H3,(H2,23,29)/t15-,17-,20+/m0/s1. The van der Waals surface area contributed by atoms with Gasteiger partial charge < -0.3 is 10.6 Å². The first-order valence-electron chi connectivity index (χ1n) is 10.2. The first-order valence-corrected chi connectivity index (χ1v) is 10.2. The van der Waals surface area contributed by atoms with E-state index in [1.54, 1.807) is 16.8 Å². The molecule has 5 rings (SSSR count). The highest BCUT2D eigenvalue weighted by molar-refractivity contribution is 5.93. The van der Waals surface area contributed by atoms with E-state index in [1.807, 2.05) is 29.3 Å². The topological polar surface area (TPSA) is 96.8 Å². The fraction of sp³-hybridized carbons (Fsp3) is 0.364. The number of carbonyl (C=O) groups excluding carboxylic acids is 2. The molecule has 0 unspecified atom stereocenters. The Kier molecular flexibility index (Phi) is 4.51. The number of hydrogen-bond acceptors (Lipinski definition) is 5. The number of amides is 2. The highest BCUT2D eigenvalue weighted by Crippen LogP contribution is 2.46. The quantitative estimate of drug-likeness (QED) is 0.706. The van der Waals surface area contributed by atoms with Crippen molar-refractivity contribution in [3.05, 3.63) is 65.7 Å². The van der Waals surface area contributed by atoms with Crippen molar-refractivity contribution in [3.63, 3.8) is 0 Å². The number of nitrogens with zero attached hydrogens (tertiary/aromatic N) is 5. The van der Waals surface area contributed by atoms with Gasteiger partial charge in [0.2, 0.25) is 11.7 Å². The number of nitrogens with two attached hydrogens (primary N) is 1. The summed E-state index contributed by atoms with van der Waals surface area (Å²) in [6.45, 7) is 4.50. The van der Waals surface area contributed by atoms with E-state index < -0.39 is 0 Å². The summed E-state index contributed by atoms with van der Waals surface area (Å²) in [5.41, 5.74) is 8.14. The van der Waals surface area contributed by atoms with Gasteiger partial charge in [0.05, 0.1) is 12.6 Å². The lowest BCUT2D eigenvalue weighted by molar-refractivity contribution is -0.119. The summed E-state index contributed by atoms with van der Waals surface area (Å²) in [5, 5.41) is 0. The first-order chi connectivity index (χ1) is 14.5. The predicted octanol–water partition coefficient (Wildman–Crippen LogP) is 1.27. The SMILES string of the molecule is Cc1ccccc1[C@@H]1[C@H]2CN(CC(N)=O)C[C@H]2CN1C(=O)c1cn2cccnc2n1. The number of hydrogen-bond donors (Lipinski definition) is 1. The zero-order chi connectivity index (χ0) is 20.8. The normalized spacial score (nSPS) is 23.8. The van der Waals surface area contributed by atoms with Gasteiger partial charge in [0.1, 0.15) is 5.69 Å². The number of likely N-dealkylation sites (tertiary alicyclic amines) is 2. The van der Waals surface area contributed by atoms with Gasteiger partial charge in [0, 0.05) is 44.1 Å². The molecule has 154 valence electrons. The van der Waals surface area contributed by atoms with Gasteiger partial charge in [-0.2, -0.15) is 0 Å². The number of aryl methyl sites for hydroxylation is 1. The van der Waals surface area contributed by atoms with Crippen molar-refractivity contribution in [3.8, 4) is 0 Å². The number of aromatic nitrogens is 3. The van der Waals surface area contributed by atoms with Gasteiger partial charge in [-0.05, 0) is 30.0 Å². The van der Waals surface area contributed by atoms with Crippen LogP contribution in [0.5, 0.6) is 0 Å². The molecule has 2 amide bonds. The molecule has 2 saturated heterocycles. The van der Waals surface area contributed by atoms with Crippen LogP contribution < -0.4 is 5.73 Å². The lowest BCUT2D eigenvalue weighted by atomic mass is 9.87. The third kappa shape index (κ3) is 3.13. The second kappa shape index (κ2) is 7.21. The van der Waals surface area contributed by atoms with Crippen molar-refractivity contribution in [2.24, 2.45) is 17.6 Å². The summed E-state index contributed by atoms with van der Waals surface area (Å²) in [4.78, 5) is 37.7. The molecular formula is C22H24N6O2. The average Bonchev–Trinajstić information content (AvgIpc) is 3.39. The van der Waals surface area contributed by atoms with Crippen LogP contribution in [0.2, 0.25) is 0 Å². The van der Waals surface area contributed by atoms with Gasteiger partial charge in [-0.25, -0.2) is 9.97 Å².